The van der Waals surface area contributed by atoms with Crippen LogP contribution in [0.15, 0.2) is 48.5 Å². The van der Waals surface area contributed by atoms with Crippen molar-refractivity contribution in [3.8, 4) is 0 Å². The molecule has 0 aliphatic carbocycles. The van der Waals surface area contributed by atoms with Gasteiger partial charge in [-0.25, -0.2) is 0 Å². The molecule has 1 N–H and O–H groups in total. The first-order valence-corrected chi connectivity index (χ1v) is 11.2. The molecule has 0 radical (unpaired) electrons. The minimum atomic E-state index is -1.08. The monoisotopic (exact) mass is 415 g/mol. The second-order valence-electron chi connectivity index (χ2n) is 9.11. The number of hydrogen-bond donors (Lipinski definition) is 1. The van der Waals surface area contributed by atoms with Gasteiger partial charge in [0.1, 0.15) is 5.54 Å². The molecular formula is C25H25N3O3. The highest BCUT2D eigenvalue weighted by atomic mass is 16.2. The van der Waals surface area contributed by atoms with Crippen LogP contribution in [0.25, 0.3) is 0 Å². The molecule has 4 heterocycles. The van der Waals surface area contributed by atoms with Crippen LogP contribution in [-0.2, 0) is 32.9 Å². The molecule has 158 valence electrons. The molecule has 3 saturated heterocycles. The molecule has 31 heavy (non-hydrogen) atoms. The Morgan fingerprint density at radius 3 is 2.61 bits per heavy atom. The van der Waals surface area contributed by atoms with Gasteiger partial charge in [-0.15, -0.1) is 0 Å². The molecule has 3 fully saturated rings. The number of benzene rings is 2. The summed E-state index contributed by atoms with van der Waals surface area (Å²) in [4.78, 5) is 44.6. The Labute approximate surface area is 181 Å². The van der Waals surface area contributed by atoms with Crippen LogP contribution in [-0.4, -0.2) is 40.1 Å². The predicted octanol–water partition coefficient (Wildman–Crippen LogP) is 2.68. The van der Waals surface area contributed by atoms with Crippen LogP contribution in [0.3, 0.4) is 0 Å². The zero-order chi connectivity index (χ0) is 21.3. The maximum Gasteiger partial charge on any atom is 0.250 e. The molecule has 4 atom stereocenters. The Bertz CT molecular complexity index is 1110. The Morgan fingerprint density at radius 2 is 1.84 bits per heavy atom. The lowest BCUT2D eigenvalue weighted by molar-refractivity contribution is -0.146. The number of aryl methyl sites for hydroxylation is 1. The zero-order valence-electron chi connectivity index (χ0n) is 17.5. The third kappa shape index (κ3) is 2.28. The summed E-state index contributed by atoms with van der Waals surface area (Å²) in [5, 5.41) is 3.04. The molecule has 6 heteroatoms. The average molecular weight is 415 g/mol. The van der Waals surface area contributed by atoms with E-state index < -0.39 is 17.4 Å². The second kappa shape index (κ2) is 6.50. The average Bonchev–Trinajstić information content (AvgIpc) is 3.49. The first-order chi connectivity index (χ1) is 15.1. The maximum absolute atomic E-state index is 13.8. The fourth-order valence-corrected chi connectivity index (χ4v) is 6.45. The topological polar surface area (TPSA) is 69.7 Å². The van der Waals surface area contributed by atoms with Crippen LogP contribution >= 0.6 is 0 Å². The van der Waals surface area contributed by atoms with Gasteiger partial charge in [0, 0.05) is 17.3 Å². The van der Waals surface area contributed by atoms with Gasteiger partial charge in [0.25, 0.3) is 0 Å². The lowest BCUT2D eigenvalue weighted by Crippen LogP contribution is -2.54. The number of likely N-dealkylation sites (tertiary alicyclic amines) is 1. The van der Waals surface area contributed by atoms with Crippen LogP contribution in [0.1, 0.15) is 36.5 Å². The summed E-state index contributed by atoms with van der Waals surface area (Å²) in [6.07, 6.45) is 2.63. The molecule has 6 nitrogen and oxygen atoms in total. The molecule has 6 rings (SSSR count). The van der Waals surface area contributed by atoms with Crippen LogP contribution < -0.4 is 5.32 Å². The molecule has 0 saturated carbocycles. The molecule has 0 aromatic heterocycles. The van der Waals surface area contributed by atoms with E-state index in [2.05, 4.69) is 23.2 Å². The summed E-state index contributed by atoms with van der Waals surface area (Å²) in [6.45, 7) is 3.08. The second-order valence-corrected chi connectivity index (χ2v) is 9.11. The van der Waals surface area contributed by atoms with Crippen molar-refractivity contribution in [1.29, 1.82) is 0 Å². The minimum Gasteiger partial charge on any atom is -0.324 e. The number of nitrogens with zero attached hydrogens (tertiary/aromatic N) is 2. The number of hydrogen-bond acceptors (Lipinski definition) is 4. The Balaban J connectivity index is 1.50. The van der Waals surface area contributed by atoms with E-state index in [0.29, 0.717) is 0 Å². The van der Waals surface area contributed by atoms with Gasteiger partial charge < -0.3 is 5.32 Å². The molecule has 4 aliphatic rings. The molecule has 1 spiro atoms. The summed E-state index contributed by atoms with van der Waals surface area (Å²) < 4.78 is 0. The van der Waals surface area contributed by atoms with Gasteiger partial charge in [-0.2, -0.15) is 0 Å². The summed E-state index contributed by atoms with van der Waals surface area (Å²) in [6, 6.07) is 15.6. The van der Waals surface area contributed by atoms with Gasteiger partial charge in [-0.05, 0) is 43.0 Å². The summed E-state index contributed by atoms with van der Waals surface area (Å²) in [5.74, 6) is -1.61. The number of nitrogens with one attached hydrogen (secondary N) is 1. The van der Waals surface area contributed by atoms with Crippen LogP contribution in [0.5, 0.6) is 0 Å². The van der Waals surface area contributed by atoms with Gasteiger partial charge in [0.2, 0.25) is 17.7 Å². The molecule has 4 aliphatic heterocycles. The number of amides is 3. The fraction of sp³-hybridized carbons (Fsp3) is 0.400. The SMILES string of the molecule is CCc1ccc2c(c1)[C@@]1(C(=O)N2)[C@@H]2C(=O)N(Cc3ccccc3)C(=O)[C@@H]2[C@@H]2CCCN21. The third-order valence-corrected chi connectivity index (χ3v) is 7.74. The first-order valence-electron chi connectivity index (χ1n) is 11.2. The van der Waals surface area contributed by atoms with E-state index in [1.807, 2.05) is 42.5 Å². The largest absolute Gasteiger partial charge is 0.324 e. The first kappa shape index (κ1) is 18.8. The van der Waals surface area contributed by atoms with Crippen molar-refractivity contribution in [1.82, 2.24) is 9.80 Å². The van der Waals surface area contributed by atoms with Gasteiger partial charge in [0.15, 0.2) is 0 Å². The number of fused-ring (bicyclic) bond motifs is 7. The van der Waals surface area contributed by atoms with E-state index in [4.69, 9.17) is 0 Å². The van der Waals surface area contributed by atoms with Crippen molar-refractivity contribution in [3.05, 3.63) is 65.2 Å². The Kier molecular flexibility index (Phi) is 3.93. The van der Waals surface area contributed by atoms with Crippen molar-refractivity contribution in [2.45, 2.75) is 44.3 Å². The molecular weight excluding hydrogens is 390 g/mol. The summed E-state index contributed by atoms with van der Waals surface area (Å²) >= 11 is 0. The van der Waals surface area contributed by atoms with E-state index in [1.165, 1.54) is 4.90 Å². The van der Waals surface area contributed by atoms with E-state index >= 15 is 0 Å². The lowest BCUT2D eigenvalue weighted by Gasteiger charge is -2.36. The number of imide groups is 1. The third-order valence-electron chi connectivity index (χ3n) is 7.74. The smallest absolute Gasteiger partial charge is 0.250 e. The van der Waals surface area contributed by atoms with Gasteiger partial charge >= 0.3 is 0 Å². The highest BCUT2D eigenvalue weighted by molar-refractivity contribution is 6.15. The normalized spacial score (nSPS) is 31.3. The number of carbonyl (C=O) groups is 3. The highest BCUT2D eigenvalue weighted by Crippen LogP contribution is 2.60. The fourth-order valence-electron chi connectivity index (χ4n) is 6.45. The molecule has 0 bridgehead atoms. The van der Waals surface area contributed by atoms with Crippen LogP contribution in [0, 0.1) is 11.8 Å². The maximum atomic E-state index is 13.8. The van der Waals surface area contributed by atoms with Crippen LogP contribution in [0.4, 0.5) is 5.69 Å². The van der Waals surface area contributed by atoms with Gasteiger partial charge in [-0.1, -0.05) is 49.4 Å². The summed E-state index contributed by atoms with van der Waals surface area (Å²) in [7, 11) is 0. The Hall–Kier alpha value is -2.99. The highest BCUT2D eigenvalue weighted by Gasteiger charge is 2.74. The van der Waals surface area contributed by atoms with E-state index in [9.17, 15) is 14.4 Å². The van der Waals surface area contributed by atoms with Gasteiger partial charge in [0.05, 0.1) is 18.4 Å². The molecule has 2 aromatic carbocycles. The van der Waals surface area contributed by atoms with Gasteiger partial charge in [-0.3, -0.25) is 24.2 Å². The minimum absolute atomic E-state index is 0.0655. The summed E-state index contributed by atoms with van der Waals surface area (Å²) in [5.41, 5.74) is 2.62. The van der Waals surface area contributed by atoms with E-state index in [0.717, 1.165) is 48.2 Å². The predicted molar refractivity (Wildman–Crippen MR) is 115 cm³/mol. The number of anilines is 1. The van der Waals surface area contributed by atoms with Crippen molar-refractivity contribution >= 4 is 23.4 Å². The standard InChI is InChI=1S/C25H25N3O3/c1-2-15-10-11-18-17(13-15)25(24(31)26-18)21-20(19-9-6-12-28(19)25)22(29)27(23(21)30)14-16-7-4-3-5-8-16/h3-5,7-8,10-11,13,19-21H,2,6,9,12,14H2,1H3,(H,26,31)/t19-,20+,21-,25-/m0/s1. The molecule has 3 amide bonds. The molecule has 0 unspecified atom stereocenters. The number of rotatable bonds is 3. The van der Waals surface area contributed by atoms with Crippen molar-refractivity contribution in [3.63, 3.8) is 0 Å². The van der Waals surface area contributed by atoms with E-state index in [-0.39, 0.29) is 30.3 Å². The van der Waals surface area contributed by atoms with Crippen molar-refractivity contribution in [2.24, 2.45) is 11.8 Å². The lowest BCUT2D eigenvalue weighted by atomic mass is 9.75. The van der Waals surface area contributed by atoms with Crippen molar-refractivity contribution in [2.75, 3.05) is 11.9 Å². The Morgan fingerprint density at radius 1 is 1.03 bits per heavy atom. The van der Waals surface area contributed by atoms with Crippen LogP contribution in [0.2, 0.25) is 0 Å². The molecule has 2 aromatic rings. The quantitative estimate of drug-likeness (QED) is 0.783. The zero-order valence-corrected chi connectivity index (χ0v) is 17.5. The van der Waals surface area contributed by atoms with Crippen molar-refractivity contribution < 1.29 is 14.4 Å². The number of carbonyl (C=O) groups excluding carboxylic acids is 3. The van der Waals surface area contributed by atoms with E-state index in [1.54, 1.807) is 0 Å².